The average Bonchev–Trinajstić information content (AvgIpc) is 2.62. The van der Waals surface area contributed by atoms with E-state index in [9.17, 15) is 0 Å². The number of aromatic nitrogens is 3. The molecule has 6 nitrogen and oxygen atoms in total. The van der Waals surface area contributed by atoms with Crippen molar-refractivity contribution in [3.8, 4) is 16.9 Å². The molecule has 0 fully saturated rings. The second-order valence-corrected chi connectivity index (χ2v) is 6.54. The molecule has 0 spiro atoms. The van der Waals surface area contributed by atoms with Gasteiger partial charge in [-0.25, -0.2) is 9.97 Å². The molecule has 0 aliphatic rings. The molecular weight excluding hydrogens is 381 g/mol. The number of nitrogens with zero attached hydrogens (tertiary/aromatic N) is 3. The molecule has 0 amide bonds. The minimum absolute atomic E-state index is 0.0466. The van der Waals surface area contributed by atoms with Gasteiger partial charge in [0, 0.05) is 22.7 Å². The molecule has 128 valence electrons. The number of thioether (sulfide) groups is 1. The summed E-state index contributed by atoms with van der Waals surface area (Å²) in [7, 11) is 1.51. The lowest BCUT2D eigenvalue weighted by Gasteiger charge is -2.14. The van der Waals surface area contributed by atoms with E-state index < -0.39 is 0 Å². The van der Waals surface area contributed by atoms with Gasteiger partial charge in [0.1, 0.15) is 11.2 Å². The highest BCUT2D eigenvalue weighted by Gasteiger charge is 2.18. The van der Waals surface area contributed by atoms with E-state index in [1.165, 1.54) is 23.4 Å². The van der Waals surface area contributed by atoms with Gasteiger partial charge in [0.25, 0.3) is 0 Å². The van der Waals surface area contributed by atoms with Crippen LogP contribution < -0.4 is 10.2 Å². The van der Waals surface area contributed by atoms with Crippen LogP contribution in [0.15, 0.2) is 29.6 Å². The van der Waals surface area contributed by atoms with Crippen molar-refractivity contribution in [2.45, 2.75) is 5.16 Å². The van der Waals surface area contributed by atoms with Gasteiger partial charge in [-0.15, -0.1) is 0 Å². The molecule has 0 aliphatic carbocycles. The largest absolute Gasteiger partial charge is 0.495 e. The van der Waals surface area contributed by atoms with Crippen LogP contribution in [0.1, 0.15) is 0 Å². The first kappa shape index (κ1) is 17.7. The second-order valence-electron chi connectivity index (χ2n) is 4.98. The summed E-state index contributed by atoms with van der Waals surface area (Å²) in [5.41, 5.74) is 1.45. The molecule has 3 rings (SSSR count). The van der Waals surface area contributed by atoms with E-state index in [4.69, 9.17) is 38.8 Å². The van der Waals surface area contributed by atoms with Crippen molar-refractivity contribution in [1.82, 2.24) is 14.5 Å². The van der Waals surface area contributed by atoms with E-state index in [-0.39, 0.29) is 5.49 Å². The van der Waals surface area contributed by atoms with Gasteiger partial charge in [0.15, 0.2) is 10.8 Å². The van der Waals surface area contributed by atoms with Crippen LogP contribution >= 0.6 is 35.0 Å². The zero-order valence-electron chi connectivity index (χ0n) is 13.3. The summed E-state index contributed by atoms with van der Waals surface area (Å²) in [6.45, 7) is 0. The predicted octanol–water partition coefficient (Wildman–Crippen LogP) is 4.07. The van der Waals surface area contributed by atoms with Crippen molar-refractivity contribution in [1.29, 1.82) is 10.8 Å². The summed E-state index contributed by atoms with van der Waals surface area (Å²) >= 11 is 14.1. The van der Waals surface area contributed by atoms with Gasteiger partial charge in [-0.2, -0.15) is 0 Å². The van der Waals surface area contributed by atoms with Crippen molar-refractivity contribution in [2.24, 2.45) is 0 Å². The third-order valence-corrected chi connectivity index (χ3v) is 4.91. The van der Waals surface area contributed by atoms with Gasteiger partial charge in [0.05, 0.1) is 23.5 Å². The SMILES string of the molecule is COc1ccc(Cl)c(-c2cc3cnc(SC)nc3n(C=N)c2=N)c1Cl. The molecule has 0 aliphatic heterocycles. The Morgan fingerprint density at radius 3 is 2.72 bits per heavy atom. The topological polar surface area (TPSA) is 87.6 Å². The normalized spacial score (nSPS) is 10.9. The van der Waals surface area contributed by atoms with Gasteiger partial charge < -0.3 is 4.74 Å². The summed E-state index contributed by atoms with van der Waals surface area (Å²) in [6.07, 6.45) is 4.55. The lowest BCUT2D eigenvalue weighted by Crippen LogP contribution is -2.23. The van der Waals surface area contributed by atoms with Crippen LogP contribution in [0.3, 0.4) is 0 Å². The van der Waals surface area contributed by atoms with Crippen molar-refractivity contribution >= 4 is 52.3 Å². The minimum Gasteiger partial charge on any atom is -0.495 e. The number of halogens is 2. The van der Waals surface area contributed by atoms with Gasteiger partial charge in [-0.3, -0.25) is 15.4 Å². The number of pyridine rings is 1. The van der Waals surface area contributed by atoms with Gasteiger partial charge >= 0.3 is 0 Å². The maximum absolute atomic E-state index is 8.50. The Balaban J connectivity index is 2.42. The lowest BCUT2D eigenvalue weighted by atomic mass is 10.1. The molecular formula is C16H13Cl2N5OS. The molecule has 25 heavy (non-hydrogen) atoms. The average molecular weight is 394 g/mol. The zero-order valence-corrected chi connectivity index (χ0v) is 15.6. The van der Waals surface area contributed by atoms with Crippen LogP contribution in [0.5, 0.6) is 5.75 Å². The zero-order chi connectivity index (χ0) is 18.1. The van der Waals surface area contributed by atoms with Crippen molar-refractivity contribution in [3.63, 3.8) is 0 Å². The maximum Gasteiger partial charge on any atom is 0.189 e. The number of benzene rings is 1. The van der Waals surface area contributed by atoms with E-state index in [2.05, 4.69) is 9.97 Å². The van der Waals surface area contributed by atoms with Crippen molar-refractivity contribution < 1.29 is 4.74 Å². The fraction of sp³-hybridized carbons (Fsp3) is 0.125. The number of hydrogen-bond acceptors (Lipinski definition) is 6. The first-order valence-corrected chi connectivity index (χ1v) is 9.03. The number of methoxy groups -OCH3 is 1. The summed E-state index contributed by atoms with van der Waals surface area (Å²) < 4.78 is 6.60. The Morgan fingerprint density at radius 2 is 2.08 bits per heavy atom. The van der Waals surface area contributed by atoms with Gasteiger partial charge in [-0.05, 0) is 24.5 Å². The summed E-state index contributed by atoms with van der Waals surface area (Å²) in [5, 5.41) is 18.1. The predicted molar refractivity (Wildman–Crippen MR) is 101 cm³/mol. The molecule has 9 heteroatoms. The maximum atomic E-state index is 8.50. The standard InChI is InChI=1S/C16H13Cl2N5OS/c1-24-11-4-3-10(17)12(13(11)18)9-5-8-6-21-16(25-2)22-15(8)23(7-19)14(9)20/h3-7,19-20H,1-2H3. The monoisotopic (exact) mass is 393 g/mol. The molecule has 1 aromatic carbocycles. The van der Waals surface area contributed by atoms with Crippen molar-refractivity contribution in [2.75, 3.05) is 13.4 Å². The molecule has 0 radical (unpaired) electrons. The Hall–Kier alpha value is -2.09. The first-order chi connectivity index (χ1) is 12.0. The molecule has 0 atom stereocenters. The summed E-state index contributed by atoms with van der Waals surface area (Å²) in [4.78, 5) is 8.65. The Labute approximate surface area is 157 Å². The second kappa shape index (κ2) is 7.03. The van der Waals surface area contributed by atoms with Gasteiger partial charge in [-0.1, -0.05) is 35.0 Å². The van der Waals surface area contributed by atoms with E-state index >= 15 is 0 Å². The number of ether oxygens (including phenoxy) is 1. The van der Waals surface area contributed by atoms with E-state index in [0.29, 0.717) is 43.1 Å². The Morgan fingerprint density at radius 1 is 1.32 bits per heavy atom. The summed E-state index contributed by atoms with van der Waals surface area (Å²) in [5.74, 6) is 0.455. The van der Waals surface area contributed by atoms with Crippen LogP contribution in [-0.2, 0) is 0 Å². The number of hydrogen-bond donors (Lipinski definition) is 2. The molecule has 2 heterocycles. The molecule has 0 saturated carbocycles. The van der Waals surface area contributed by atoms with Crippen LogP contribution in [0, 0.1) is 10.8 Å². The number of nitrogens with one attached hydrogen (secondary N) is 2. The fourth-order valence-corrected chi connectivity index (χ4v) is 3.46. The highest BCUT2D eigenvalue weighted by atomic mass is 35.5. The third kappa shape index (κ3) is 2.99. The van der Waals surface area contributed by atoms with Crippen LogP contribution in [-0.4, -0.2) is 34.2 Å². The summed E-state index contributed by atoms with van der Waals surface area (Å²) in [6, 6.07) is 5.07. The van der Waals surface area contributed by atoms with Crippen molar-refractivity contribution in [3.05, 3.63) is 39.9 Å². The van der Waals surface area contributed by atoms with E-state index in [1.54, 1.807) is 24.4 Å². The van der Waals surface area contributed by atoms with Crippen LogP contribution in [0.25, 0.3) is 22.2 Å². The lowest BCUT2D eigenvalue weighted by molar-refractivity contribution is 0.415. The fourth-order valence-electron chi connectivity index (χ4n) is 2.47. The molecule has 3 aromatic rings. The highest BCUT2D eigenvalue weighted by molar-refractivity contribution is 7.98. The molecule has 2 N–H and O–H groups in total. The Bertz CT molecular complexity index is 1050. The van der Waals surface area contributed by atoms with E-state index in [0.717, 1.165) is 6.34 Å². The molecule has 0 saturated heterocycles. The van der Waals surface area contributed by atoms with Crippen LogP contribution in [0.2, 0.25) is 10.0 Å². The Kier molecular flexibility index (Phi) is 4.99. The highest BCUT2D eigenvalue weighted by Crippen LogP contribution is 2.39. The smallest absolute Gasteiger partial charge is 0.189 e. The van der Waals surface area contributed by atoms with Crippen LogP contribution in [0.4, 0.5) is 0 Å². The van der Waals surface area contributed by atoms with Gasteiger partial charge in [0.2, 0.25) is 0 Å². The molecule has 0 bridgehead atoms. The first-order valence-electron chi connectivity index (χ1n) is 7.05. The number of fused-ring (bicyclic) bond motifs is 1. The minimum atomic E-state index is 0.0466. The quantitative estimate of drug-likeness (QED) is 0.302. The third-order valence-electron chi connectivity index (χ3n) is 3.65. The van der Waals surface area contributed by atoms with E-state index in [1.807, 2.05) is 6.26 Å². The molecule has 0 unspecified atom stereocenters. The molecule has 2 aromatic heterocycles. The number of rotatable bonds is 4.